The van der Waals surface area contributed by atoms with Crippen LogP contribution in [0, 0.1) is 35.5 Å². The molecule has 72 heavy (non-hydrogen) atoms. The van der Waals surface area contributed by atoms with Gasteiger partial charge >= 0.3 is 95.3 Å². The Hall–Kier alpha value is -2.38. The van der Waals surface area contributed by atoms with Crippen LogP contribution in [0.1, 0.15) is 109 Å². The van der Waals surface area contributed by atoms with Gasteiger partial charge in [-0.1, -0.05) is 83.1 Å². The Balaban J connectivity index is -0.000000592. The molecule has 0 radical (unpaired) electrons. The van der Waals surface area contributed by atoms with E-state index in [2.05, 4.69) is 0 Å². The third kappa shape index (κ3) is 11.8. The highest BCUT2D eigenvalue weighted by atomic mass is 19.4. The molecule has 0 aromatic heterocycles. The lowest BCUT2D eigenvalue weighted by atomic mass is 9.81. The van der Waals surface area contributed by atoms with E-state index >= 15 is 0 Å². The van der Waals surface area contributed by atoms with Crippen molar-refractivity contribution in [2.45, 2.75) is 204 Å². The highest BCUT2D eigenvalue weighted by Gasteiger charge is 2.98. The second kappa shape index (κ2) is 23.5. The Labute approximate surface area is 389 Å². The summed E-state index contributed by atoms with van der Waals surface area (Å²) < 4.78 is 451. The molecular formula is C38H50F34. The Bertz CT molecular complexity index is 1620. The summed E-state index contributed by atoms with van der Waals surface area (Å²) in [6.07, 6.45) is -18.0. The molecule has 0 spiro atoms. The van der Waals surface area contributed by atoms with Crippen molar-refractivity contribution in [2.24, 2.45) is 35.5 Å². The van der Waals surface area contributed by atoms with Crippen LogP contribution < -0.4 is 0 Å². The van der Waals surface area contributed by atoms with Gasteiger partial charge in [0.25, 0.3) is 0 Å². The number of alkyl halides is 34. The Morgan fingerprint density at radius 1 is 0.208 bits per heavy atom. The summed E-state index contributed by atoms with van der Waals surface area (Å²) in [7, 11) is 0. The molecule has 2 saturated carbocycles. The molecule has 0 heterocycles. The van der Waals surface area contributed by atoms with Crippen molar-refractivity contribution in [3.8, 4) is 0 Å². The van der Waals surface area contributed by atoms with Crippen LogP contribution in [0.2, 0.25) is 0 Å². The van der Waals surface area contributed by atoms with Crippen molar-refractivity contribution >= 4 is 0 Å². The van der Waals surface area contributed by atoms with Crippen LogP contribution >= 0.6 is 0 Å². The van der Waals surface area contributed by atoms with Gasteiger partial charge in [-0.25, -0.2) is 0 Å². The first-order valence-corrected chi connectivity index (χ1v) is 20.7. The molecule has 0 aliphatic heterocycles. The first-order valence-electron chi connectivity index (χ1n) is 20.7. The summed E-state index contributed by atoms with van der Waals surface area (Å²) in [6.45, 7) is 19.9. The third-order valence-electron chi connectivity index (χ3n) is 10.7. The fraction of sp³-hybridized carbons (Fsp3) is 1.00. The highest BCUT2D eigenvalue weighted by Crippen LogP contribution is 2.68. The van der Waals surface area contributed by atoms with E-state index in [1.807, 2.05) is 55.4 Å². The molecule has 2 rings (SSSR count). The molecule has 0 aromatic rings. The van der Waals surface area contributed by atoms with E-state index < -0.39 is 150 Å². The van der Waals surface area contributed by atoms with E-state index in [0.29, 0.717) is 6.92 Å². The average molecular weight is 1150 g/mol. The Morgan fingerprint density at radius 3 is 0.472 bits per heavy atom. The molecule has 0 amide bonds. The quantitative estimate of drug-likeness (QED) is 0.152. The molecule has 2 aliphatic rings. The van der Waals surface area contributed by atoms with Gasteiger partial charge in [-0.3, -0.25) is 0 Å². The maximum Gasteiger partial charge on any atom is 0.460 e. The predicted octanol–water partition coefficient (Wildman–Crippen LogP) is 19.5. The SMILES string of the molecule is CC.CC.CC.CC.CC1CC(C)C(C(F)(F)C(F)(F)C(F)(F)C(F)(F)C(F)(F)C(F)(F)C(F)(F)C(F)(F)C(F)(F)C(F)(F)F)C1.CC1CC(C)C(C(F)(F)C(F)(F)C(F)(F)C(F)(F)C(F)(F)C(F)(F)F)C1. The first-order chi connectivity index (χ1) is 31.3. The van der Waals surface area contributed by atoms with E-state index in [0.717, 1.165) is 13.8 Å². The minimum absolute atomic E-state index is 0.170. The van der Waals surface area contributed by atoms with Gasteiger partial charge in [-0.15, -0.1) is 0 Å². The largest absolute Gasteiger partial charge is 0.460 e. The van der Waals surface area contributed by atoms with Gasteiger partial charge in [0.05, 0.1) is 0 Å². The minimum atomic E-state index is -9.13. The van der Waals surface area contributed by atoms with E-state index in [4.69, 9.17) is 0 Å². The monoisotopic (exact) mass is 1150 g/mol. The van der Waals surface area contributed by atoms with Crippen molar-refractivity contribution in [2.75, 3.05) is 0 Å². The van der Waals surface area contributed by atoms with Crippen LogP contribution in [0.25, 0.3) is 0 Å². The lowest BCUT2D eigenvalue weighted by molar-refractivity contribution is -0.475. The van der Waals surface area contributed by atoms with Gasteiger partial charge < -0.3 is 0 Å². The van der Waals surface area contributed by atoms with Crippen LogP contribution in [0.4, 0.5) is 149 Å². The summed E-state index contributed by atoms with van der Waals surface area (Å²) >= 11 is 0. The fourth-order valence-electron chi connectivity index (χ4n) is 6.95. The summed E-state index contributed by atoms with van der Waals surface area (Å²) in [4.78, 5) is 0. The normalized spacial score (nSPS) is 22.9. The van der Waals surface area contributed by atoms with Crippen LogP contribution in [-0.2, 0) is 0 Å². The van der Waals surface area contributed by atoms with Gasteiger partial charge in [0.2, 0.25) is 0 Å². The molecule has 2 fully saturated rings. The average Bonchev–Trinajstić information content (AvgIpc) is 3.77. The van der Waals surface area contributed by atoms with Crippen LogP contribution in [-0.4, -0.2) is 95.3 Å². The number of rotatable bonds is 14. The second-order valence-corrected chi connectivity index (χ2v) is 15.5. The maximum atomic E-state index is 14.3. The highest BCUT2D eigenvalue weighted by molar-refractivity contribution is 5.19. The molecule has 0 aromatic carbocycles. The minimum Gasteiger partial charge on any atom is -0.199 e. The molecular weight excluding hydrogens is 1100 g/mol. The van der Waals surface area contributed by atoms with E-state index in [1.54, 1.807) is 0 Å². The van der Waals surface area contributed by atoms with Gasteiger partial charge in [0, 0.05) is 11.8 Å². The zero-order chi connectivity index (χ0) is 60.3. The van der Waals surface area contributed by atoms with Crippen LogP contribution in [0.15, 0.2) is 0 Å². The topological polar surface area (TPSA) is 0 Å². The molecule has 0 nitrogen and oxygen atoms in total. The van der Waals surface area contributed by atoms with Gasteiger partial charge in [0.1, 0.15) is 0 Å². The second-order valence-electron chi connectivity index (χ2n) is 15.5. The van der Waals surface area contributed by atoms with Crippen molar-refractivity contribution < 1.29 is 149 Å². The lowest BCUT2D eigenvalue weighted by Crippen LogP contribution is -2.77. The molecule has 0 saturated heterocycles. The third-order valence-corrected chi connectivity index (χ3v) is 10.7. The molecule has 2 aliphatic carbocycles. The van der Waals surface area contributed by atoms with Crippen LogP contribution in [0.3, 0.4) is 0 Å². The molecule has 6 unspecified atom stereocenters. The number of hydrogen-bond acceptors (Lipinski definition) is 0. The standard InChI is InChI=1S/C17H13F21.C13H13F13.4C2H6/c1-5-3-6(2)7(4-5)8(18,19)9(20,21)10(22,23)11(24,25)12(26,27)13(28,29)14(30,31)15(32,33)16(34,35)17(36,37)38;1-5-3-6(2)7(4-5)8(14,15)9(16,17)10(18,19)11(20,21)12(22,23)13(24,25)26;4*1-2/h5-7H,3-4H2,1-2H3;5-7H,3-4H2,1-2H3;4*1-2H3. The van der Waals surface area contributed by atoms with Gasteiger partial charge in [0.15, 0.2) is 0 Å². The Kier molecular flexibility index (Phi) is 24.8. The van der Waals surface area contributed by atoms with Crippen molar-refractivity contribution in [3.05, 3.63) is 0 Å². The first kappa shape index (κ1) is 76.1. The predicted molar refractivity (Wildman–Crippen MR) is 189 cm³/mol. The van der Waals surface area contributed by atoms with E-state index in [1.165, 1.54) is 6.92 Å². The zero-order valence-corrected chi connectivity index (χ0v) is 39.1. The molecule has 440 valence electrons. The van der Waals surface area contributed by atoms with Crippen molar-refractivity contribution in [1.29, 1.82) is 0 Å². The van der Waals surface area contributed by atoms with Gasteiger partial charge in [-0.05, 0) is 49.4 Å². The van der Waals surface area contributed by atoms with Crippen molar-refractivity contribution in [3.63, 3.8) is 0 Å². The maximum absolute atomic E-state index is 14.3. The summed E-state index contributed by atoms with van der Waals surface area (Å²) in [5.41, 5.74) is 0. The zero-order valence-electron chi connectivity index (χ0n) is 39.1. The Morgan fingerprint density at radius 2 is 0.347 bits per heavy atom. The lowest BCUT2D eigenvalue weighted by Gasteiger charge is -2.45. The van der Waals surface area contributed by atoms with Crippen molar-refractivity contribution in [1.82, 2.24) is 0 Å². The molecule has 34 heteroatoms. The van der Waals surface area contributed by atoms with Gasteiger partial charge in [-0.2, -0.15) is 149 Å². The van der Waals surface area contributed by atoms with Crippen LogP contribution in [0.5, 0.6) is 0 Å². The fourth-order valence-corrected chi connectivity index (χ4v) is 6.95. The summed E-state index contributed by atoms with van der Waals surface area (Å²) in [5.74, 6) is -123. The summed E-state index contributed by atoms with van der Waals surface area (Å²) in [5, 5.41) is 0. The number of hydrogen-bond donors (Lipinski definition) is 0. The van der Waals surface area contributed by atoms with E-state index in [9.17, 15) is 149 Å². The molecule has 6 atom stereocenters. The molecule has 0 N–H and O–H groups in total. The smallest absolute Gasteiger partial charge is 0.199 e. The molecule has 0 bridgehead atoms. The number of halogens is 34. The summed E-state index contributed by atoms with van der Waals surface area (Å²) in [6, 6.07) is 0. The van der Waals surface area contributed by atoms with E-state index in [-0.39, 0.29) is 6.42 Å².